The molecule has 114 valence electrons. The summed E-state index contributed by atoms with van der Waals surface area (Å²) in [7, 11) is -3.61. The number of benzene rings is 2. The topological polar surface area (TPSA) is 58.5 Å². The molecule has 0 unspecified atom stereocenters. The highest BCUT2D eigenvalue weighted by molar-refractivity contribution is 7.90. The molecule has 2 aromatic rings. The van der Waals surface area contributed by atoms with Crippen molar-refractivity contribution in [2.45, 2.75) is 32.1 Å². The van der Waals surface area contributed by atoms with E-state index in [9.17, 15) is 8.42 Å². The lowest BCUT2D eigenvalue weighted by atomic mass is 9.96. The minimum absolute atomic E-state index is 0.257. The second kappa shape index (κ2) is 5.25. The summed E-state index contributed by atoms with van der Waals surface area (Å²) < 4.78 is 28.2. The average Bonchev–Trinajstić information content (AvgIpc) is 2.43. The van der Waals surface area contributed by atoms with Crippen LogP contribution >= 0.6 is 0 Å². The van der Waals surface area contributed by atoms with E-state index >= 15 is 0 Å². The number of fused-ring (bicyclic) bond motifs is 1. The Bertz CT molecular complexity index is 884. The molecule has 0 radical (unpaired) electrons. The lowest BCUT2D eigenvalue weighted by molar-refractivity contribution is 0.597. The maximum Gasteiger partial charge on any atom is 0.286 e. The minimum Gasteiger partial charge on any atom is -0.342 e. The number of rotatable bonds is 2. The number of hydrogen-bond donors (Lipinski definition) is 1. The highest BCUT2D eigenvalue weighted by Crippen LogP contribution is 2.34. The van der Waals surface area contributed by atoms with Gasteiger partial charge in [0.05, 0.1) is 5.69 Å². The number of aryl methyl sites for hydroxylation is 2. The van der Waals surface area contributed by atoms with Gasteiger partial charge in [0, 0.05) is 6.42 Å². The zero-order chi connectivity index (χ0) is 15.9. The highest BCUT2D eigenvalue weighted by atomic mass is 32.2. The Morgan fingerprint density at radius 2 is 1.73 bits per heavy atom. The fraction of sp³-hybridized carbons (Fsp3) is 0.235. The Kier molecular flexibility index (Phi) is 3.53. The number of hydrogen-bond acceptors (Lipinski definition) is 3. The van der Waals surface area contributed by atoms with E-state index in [1.807, 2.05) is 25.1 Å². The standard InChI is InChI=1S/C17H18N2O2S/c1-11-6-4-5-7-14(11)10-15-12(2)8-9-16-17(15)18-13(3)19-22(16,20)21/h4-9H,10H2,1-3H3,(H,18,19). The molecule has 0 aliphatic carbocycles. The molecule has 0 bridgehead atoms. The van der Waals surface area contributed by atoms with E-state index in [1.165, 1.54) is 11.1 Å². The van der Waals surface area contributed by atoms with Gasteiger partial charge in [-0.15, -0.1) is 4.40 Å². The third kappa shape index (κ3) is 2.52. The molecular formula is C17H18N2O2S. The van der Waals surface area contributed by atoms with Gasteiger partial charge >= 0.3 is 0 Å². The molecule has 3 rings (SSSR count). The van der Waals surface area contributed by atoms with Crippen molar-refractivity contribution in [3.8, 4) is 0 Å². The van der Waals surface area contributed by atoms with E-state index in [1.54, 1.807) is 13.0 Å². The van der Waals surface area contributed by atoms with E-state index in [-0.39, 0.29) is 4.90 Å². The first-order valence-corrected chi connectivity index (χ1v) is 8.58. The van der Waals surface area contributed by atoms with Crippen LogP contribution in [0.1, 0.15) is 29.2 Å². The minimum atomic E-state index is -3.61. The molecule has 0 aromatic heterocycles. The Hall–Kier alpha value is -2.14. The number of nitrogens with one attached hydrogen (secondary N) is 1. The van der Waals surface area contributed by atoms with Crippen molar-refractivity contribution in [1.29, 1.82) is 0 Å². The predicted octanol–water partition coefficient (Wildman–Crippen LogP) is 3.43. The fourth-order valence-electron chi connectivity index (χ4n) is 2.74. The maximum atomic E-state index is 12.2. The van der Waals surface area contributed by atoms with Gasteiger partial charge in [0.2, 0.25) is 0 Å². The second-order valence-corrected chi connectivity index (χ2v) is 7.19. The summed E-state index contributed by atoms with van der Waals surface area (Å²) in [4.78, 5) is 0.257. The molecule has 0 saturated carbocycles. The van der Waals surface area contributed by atoms with Crippen molar-refractivity contribution in [3.63, 3.8) is 0 Å². The Morgan fingerprint density at radius 3 is 2.45 bits per heavy atom. The average molecular weight is 314 g/mol. The van der Waals surface area contributed by atoms with Crippen molar-refractivity contribution in [3.05, 3.63) is 58.7 Å². The monoisotopic (exact) mass is 314 g/mol. The summed E-state index contributed by atoms with van der Waals surface area (Å²) in [6.45, 7) is 5.74. The first kappa shape index (κ1) is 14.8. The van der Waals surface area contributed by atoms with Gasteiger partial charge in [-0.2, -0.15) is 8.42 Å². The van der Waals surface area contributed by atoms with Crippen molar-refractivity contribution < 1.29 is 8.42 Å². The van der Waals surface area contributed by atoms with Crippen LogP contribution in [0, 0.1) is 13.8 Å². The Labute approximate surface area is 131 Å². The van der Waals surface area contributed by atoms with Crippen molar-refractivity contribution in [1.82, 2.24) is 0 Å². The molecule has 1 aliphatic heterocycles. The first-order chi connectivity index (χ1) is 10.4. The summed E-state index contributed by atoms with van der Waals surface area (Å²) >= 11 is 0. The van der Waals surface area contributed by atoms with Gasteiger partial charge < -0.3 is 5.32 Å². The predicted molar refractivity (Wildman–Crippen MR) is 89.1 cm³/mol. The van der Waals surface area contributed by atoms with Crippen LogP contribution < -0.4 is 5.32 Å². The molecule has 5 heteroatoms. The van der Waals surface area contributed by atoms with Gasteiger partial charge in [0.1, 0.15) is 10.7 Å². The van der Waals surface area contributed by atoms with Crippen LogP contribution in [0.15, 0.2) is 45.7 Å². The molecule has 22 heavy (non-hydrogen) atoms. The van der Waals surface area contributed by atoms with Crippen LogP contribution in [0.2, 0.25) is 0 Å². The molecule has 0 amide bonds. The molecule has 0 fully saturated rings. The smallest absolute Gasteiger partial charge is 0.286 e. The highest BCUT2D eigenvalue weighted by Gasteiger charge is 2.26. The molecule has 0 spiro atoms. The second-order valence-electron chi connectivity index (χ2n) is 5.61. The van der Waals surface area contributed by atoms with Gasteiger partial charge in [0.15, 0.2) is 0 Å². The number of sulfonamides is 1. The van der Waals surface area contributed by atoms with Crippen LogP contribution in [-0.4, -0.2) is 14.3 Å². The molecule has 1 aliphatic rings. The summed E-state index contributed by atoms with van der Waals surface area (Å²) in [6, 6.07) is 11.6. The molecule has 0 atom stereocenters. The fourth-order valence-corrected chi connectivity index (χ4v) is 3.92. The molecule has 0 saturated heterocycles. The SMILES string of the molecule is CC1=NS(=O)(=O)c2ccc(C)c(Cc3ccccc3C)c2N1. The normalized spacial score (nSPS) is 15.7. The van der Waals surface area contributed by atoms with Gasteiger partial charge in [-0.3, -0.25) is 0 Å². The molecule has 1 N–H and O–H groups in total. The summed E-state index contributed by atoms with van der Waals surface area (Å²) in [5, 5.41) is 3.14. The van der Waals surface area contributed by atoms with Crippen molar-refractivity contribution in [2.75, 3.05) is 5.32 Å². The zero-order valence-electron chi connectivity index (χ0n) is 12.8. The quantitative estimate of drug-likeness (QED) is 0.924. The molecular weight excluding hydrogens is 296 g/mol. The summed E-state index contributed by atoms with van der Waals surface area (Å²) in [5.41, 5.74) is 5.13. The van der Waals surface area contributed by atoms with Crippen molar-refractivity contribution >= 4 is 21.5 Å². The first-order valence-electron chi connectivity index (χ1n) is 7.14. The van der Waals surface area contributed by atoms with Gasteiger partial charge in [-0.05, 0) is 49.1 Å². The zero-order valence-corrected chi connectivity index (χ0v) is 13.7. The number of anilines is 1. The van der Waals surface area contributed by atoms with E-state index in [0.29, 0.717) is 17.9 Å². The van der Waals surface area contributed by atoms with Crippen LogP contribution in [-0.2, 0) is 16.4 Å². The number of nitrogens with zero attached hydrogens (tertiary/aromatic N) is 1. The Balaban J connectivity index is 2.17. The van der Waals surface area contributed by atoms with Gasteiger partial charge in [0.25, 0.3) is 10.0 Å². The molecule has 1 heterocycles. The van der Waals surface area contributed by atoms with Gasteiger partial charge in [-0.25, -0.2) is 0 Å². The lowest BCUT2D eigenvalue weighted by Crippen LogP contribution is -2.20. The lowest BCUT2D eigenvalue weighted by Gasteiger charge is -2.21. The van der Waals surface area contributed by atoms with Crippen LogP contribution in [0.5, 0.6) is 0 Å². The third-order valence-electron chi connectivity index (χ3n) is 3.98. The molecule has 2 aromatic carbocycles. The van der Waals surface area contributed by atoms with Crippen LogP contribution in [0.4, 0.5) is 5.69 Å². The Morgan fingerprint density at radius 1 is 1.00 bits per heavy atom. The molecule has 4 nitrogen and oxygen atoms in total. The number of amidine groups is 1. The largest absolute Gasteiger partial charge is 0.342 e. The third-order valence-corrected chi connectivity index (χ3v) is 5.39. The van der Waals surface area contributed by atoms with E-state index in [0.717, 1.165) is 11.1 Å². The van der Waals surface area contributed by atoms with Crippen LogP contribution in [0.3, 0.4) is 0 Å². The summed E-state index contributed by atoms with van der Waals surface area (Å²) in [5.74, 6) is 0.407. The van der Waals surface area contributed by atoms with Gasteiger partial charge in [-0.1, -0.05) is 30.3 Å². The van der Waals surface area contributed by atoms with E-state index in [2.05, 4.69) is 28.8 Å². The summed E-state index contributed by atoms with van der Waals surface area (Å²) in [6.07, 6.45) is 0.692. The van der Waals surface area contributed by atoms with Crippen molar-refractivity contribution in [2.24, 2.45) is 4.40 Å². The maximum absolute atomic E-state index is 12.2. The van der Waals surface area contributed by atoms with E-state index in [4.69, 9.17) is 0 Å². The van der Waals surface area contributed by atoms with Crippen LogP contribution in [0.25, 0.3) is 0 Å². The van der Waals surface area contributed by atoms with E-state index < -0.39 is 10.0 Å².